The summed E-state index contributed by atoms with van der Waals surface area (Å²) in [5.74, 6) is -3.10. The van der Waals surface area contributed by atoms with Crippen LogP contribution in [-0.2, 0) is 37.1 Å². The van der Waals surface area contributed by atoms with Crippen molar-refractivity contribution in [2.24, 2.45) is 11.7 Å². The van der Waals surface area contributed by atoms with Crippen molar-refractivity contribution >= 4 is 40.0 Å². The number of aldehydes is 1. The number of fused-ring (bicyclic) bond motifs is 3. The molecule has 3 N–H and O–H groups in total. The maximum Gasteiger partial charge on any atom is 0.324 e. The minimum absolute atomic E-state index is 0.00417. The molecular weight excluding hydrogens is 482 g/mol. The third kappa shape index (κ3) is 6.68. The van der Waals surface area contributed by atoms with Gasteiger partial charge < -0.3 is 25.0 Å². The quantitative estimate of drug-likeness (QED) is 0.181. The van der Waals surface area contributed by atoms with Crippen molar-refractivity contribution in [3.8, 4) is 0 Å². The zero-order valence-electron chi connectivity index (χ0n) is 20.5. The van der Waals surface area contributed by atoms with Gasteiger partial charge in [-0.05, 0) is 23.3 Å². The number of aromatic nitrogens is 2. The molecule has 0 aliphatic rings. The molecule has 0 amide bonds. The second kappa shape index (κ2) is 12.9. The van der Waals surface area contributed by atoms with E-state index in [1.165, 1.54) is 16.3 Å². The number of rotatable bonds is 8. The molecule has 0 spiro atoms. The number of aromatic amines is 1. The molecule has 0 aliphatic carbocycles. The highest BCUT2D eigenvalue weighted by Gasteiger charge is 2.33. The Morgan fingerprint density at radius 3 is 1.95 bits per heavy atom. The Bertz CT molecular complexity index is 1450. The van der Waals surface area contributed by atoms with Crippen molar-refractivity contribution < 1.29 is 23.9 Å². The lowest BCUT2D eigenvalue weighted by Crippen LogP contribution is -2.44. The van der Waals surface area contributed by atoms with E-state index in [-0.39, 0.29) is 13.2 Å². The number of nitrogens with two attached hydrogens (primary N) is 1. The summed E-state index contributed by atoms with van der Waals surface area (Å²) in [6, 6.07) is 26.9. The number of para-hydroxylation sites is 1. The van der Waals surface area contributed by atoms with Crippen LogP contribution in [-0.4, -0.2) is 34.2 Å². The Labute approximate surface area is 219 Å². The largest absolute Gasteiger partial charge is 0.460 e. The zero-order chi connectivity index (χ0) is 26.7. The van der Waals surface area contributed by atoms with Crippen LogP contribution in [0, 0.1) is 5.92 Å². The van der Waals surface area contributed by atoms with Crippen molar-refractivity contribution in [3.05, 3.63) is 115 Å². The van der Waals surface area contributed by atoms with Gasteiger partial charge in [0.25, 0.3) is 0 Å². The van der Waals surface area contributed by atoms with Crippen LogP contribution in [0.25, 0.3) is 21.8 Å². The molecule has 0 aliphatic heterocycles. The normalized spacial score (nSPS) is 12.1. The van der Waals surface area contributed by atoms with Crippen molar-refractivity contribution in [1.82, 2.24) is 9.97 Å². The summed E-state index contributed by atoms with van der Waals surface area (Å²) >= 11 is 0. The second-order valence-electron chi connectivity index (χ2n) is 8.47. The molecule has 0 radical (unpaired) electrons. The van der Waals surface area contributed by atoms with E-state index in [9.17, 15) is 14.4 Å². The lowest BCUT2D eigenvalue weighted by molar-refractivity contribution is -0.159. The molecule has 3 aromatic carbocycles. The van der Waals surface area contributed by atoms with Gasteiger partial charge in [0.1, 0.15) is 31.5 Å². The number of ether oxygens (including phenoxy) is 2. The van der Waals surface area contributed by atoms with Gasteiger partial charge in [-0.2, -0.15) is 0 Å². The van der Waals surface area contributed by atoms with E-state index in [1.807, 2.05) is 36.7 Å². The molecule has 0 saturated carbocycles. The van der Waals surface area contributed by atoms with Crippen molar-refractivity contribution in [2.75, 3.05) is 0 Å². The van der Waals surface area contributed by atoms with Gasteiger partial charge in [-0.1, -0.05) is 78.9 Å². The number of carbonyl (C=O) groups is 3. The van der Waals surface area contributed by atoms with Crippen LogP contribution in [0.4, 0.5) is 0 Å². The maximum absolute atomic E-state index is 12.0. The summed E-state index contributed by atoms with van der Waals surface area (Å²) < 4.78 is 10.1. The third-order valence-corrected chi connectivity index (χ3v) is 5.83. The number of nitrogens with zero attached hydrogens (tertiary/aromatic N) is 1. The third-order valence-electron chi connectivity index (χ3n) is 5.83. The molecule has 0 bridgehead atoms. The molecule has 38 heavy (non-hydrogen) atoms. The number of hydrogen-bond donors (Lipinski definition) is 2. The first-order chi connectivity index (χ1) is 18.6. The second-order valence-corrected chi connectivity index (χ2v) is 8.47. The summed E-state index contributed by atoms with van der Waals surface area (Å²) in [6.07, 6.45) is 3.99. The molecule has 0 saturated heterocycles. The Hall–Kier alpha value is -4.82. The van der Waals surface area contributed by atoms with E-state index < -0.39 is 23.9 Å². The highest BCUT2D eigenvalue weighted by molar-refractivity contribution is 6.06. The molecule has 2 aromatic heterocycles. The lowest BCUT2D eigenvalue weighted by atomic mass is 10.0. The Kier molecular flexibility index (Phi) is 8.93. The maximum atomic E-state index is 12.0. The monoisotopic (exact) mass is 509 g/mol. The molecule has 5 aromatic rings. The Balaban J connectivity index is 0.000000213. The van der Waals surface area contributed by atoms with Gasteiger partial charge in [-0.3, -0.25) is 14.6 Å². The number of carbonyl (C=O) groups excluding carboxylic acids is 3. The van der Waals surface area contributed by atoms with Crippen LogP contribution >= 0.6 is 0 Å². The van der Waals surface area contributed by atoms with Gasteiger partial charge in [0.05, 0.1) is 11.7 Å². The van der Waals surface area contributed by atoms with Crippen molar-refractivity contribution in [3.63, 3.8) is 0 Å². The van der Waals surface area contributed by atoms with Gasteiger partial charge in [0.15, 0.2) is 0 Å². The first-order valence-electron chi connectivity index (χ1n) is 12.0. The summed E-state index contributed by atoms with van der Waals surface area (Å²) in [4.78, 5) is 42.6. The molecule has 8 nitrogen and oxygen atoms in total. The van der Waals surface area contributed by atoms with Crippen LogP contribution in [0.1, 0.15) is 11.1 Å². The van der Waals surface area contributed by atoms with Crippen molar-refractivity contribution in [2.45, 2.75) is 19.3 Å². The van der Waals surface area contributed by atoms with E-state index >= 15 is 0 Å². The number of pyridine rings is 1. The number of H-pyrrole nitrogens is 1. The fourth-order valence-electron chi connectivity index (χ4n) is 3.78. The first-order valence-corrected chi connectivity index (χ1v) is 12.0. The summed E-state index contributed by atoms with van der Waals surface area (Å²) in [5.41, 5.74) is 9.51. The smallest absolute Gasteiger partial charge is 0.324 e. The summed E-state index contributed by atoms with van der Waals surface area (Å²) in [5, 5.41) is 2.51. The van der Waals surface area contributed by atoms with Crippen molar-refractivity contribution in [1.29, 1.82) is 0 Å². The molecule has 8 heteroatoms. The van der Waals surface area contributed by atoms with Crippen LogP contribution in [0.15, 0.2) is 103 Å². The summed E-state index contributed by atoms with van der Waals surface area (Å²) in [7, 11) is 0. The van der Waals surface area contributed by atoms with E-state index in [1.54, 1.807) is 48.5 Å². The summed E-state index contributed by atoms with van der Waals surface area (Å²) in [6.45, 7) is 0.00775. The van der Waals surface area contributed by atoms with Gasteiger partial charge in [0, 0.05) is 22.5 Å². The van der Waals surface area contributed by atoms with Crippen LogP contribution in [0.2, 0.25) is 0 Å². The molecule has 2 unspecified atom stereocenters. The van der Waals surface area contributed by atoms with Crippen LogP contribution < -0.4 is 5.73 Å². The van der Waals surface area contributed by atoms with Gasteiger partial charge >= 0.3 is 11.9 Å². The lowest BCUT2D eigenvalue weighted by Gasteiger charge is -2.17. The Morgan fingerprint density at radius 2 is 1.32 bits per heavy atom. The van der Waals surface area contributed by atoms with E-state index in [0.29, 0.717) is 6.29 Å². The highest BCUT2D eigenvalue weighted by atomic mass is 16.5. The van der Waals surface area contributed by atoms with Gasteiger partial charge in [-0.15, -0.1) is 0 Å². The van der Waals surface area contributed by atoms with Crippen LogP contribution in [0.5, 0.6) is 0 Å². The Morgan fingerprint density at radius 1 is 0.763 bits per heavy atom. The predicted octanol–water partition coefficient (Wildman–Crippen LogP) is 4.33. The highest BCUT2D eigenvalue weighted by Crippen LogP contribution is 2.23. The SMILES string of the molecule is NC(C(=O)OCc1ccccc1)C(C=O)C(=O)OCc1ccccc1.c1ccc2c(c1)[nH]c1cnccc12. The number of hydrogen-bond acceptors (Lipinski definition) is 7. The molecule has 5 rings (SSSR count). The average molecular weight is 510 g/mol. The standard InChI is InChI=1S/C19H19NO5.C11H8N2/c20-17(19(23)25-13-15-9-5-2-6-10-15)16(11-21)18(22)24-12-14-7-3-1-4-8-14;1-2-4-10-8(3-1)9-5-6-12-7-11(9)13-10/h1-11,16-17H,12-13,20H2;1-7,13H. The predicted molar refractivity (Wildman–Crippen MR) is 144 cm³/mol. The topological polar surface area (TPSA) is 124 Å². The zero-order valence-corrected chi connectivity index (χ0v) is 20.5. The first kappa shape index (κ1) is 26.2. The molecule has 2 atom stereocenters. The minimum Gasteiger partial charge on any atom is -0.460 e. The molecule has 192 valence electrons. The fraction of sp³-hybridized carbons (Fsp3) is 0.133. The minimum atomic E-state index is -1.41. The average Bonchev–Trinajstić information content (AvgIpc) is 3.35. The van der Waals surface area contributed by atoms with E-state index in [4.69, 9.17) is 15.2 Å². The molecule has 2 heterocycles. The van der Waals surface area contributed by atoms with Gasteiger partial charge in [0.2, 0.25) is 0 Å². The van der Waals surface area contributed by atoms with E-state index in [2.05, 4.69) is 28.2 Å². The van der Waals surface area contributed by atoms with Gasteiger partial charge in [-0.25, -0.2) is 0 Å². The van der Waals surface area contributed by atoms with Crippen LogP contribution in [0.3, 0.4) is 0 Å². The number of benzene rings is 3. The molecule has 0 fully saturated rings. The van der Waals surface area contributed by atoms with E-state index in [0.717, 1.165) is 16.6 Å². The number of esters is 2. The molecular formula is C30H27N3O5. The number of nitrogens with one attached hydrogen (secondary N) is 1. The fourth-order valence-corrected chi connectivity index (χ4v) is 3.78.